The third kappa shape index (κ3) is 3.35. The predicted octanol–water partition coefficient (Wildman–Crippen LogP) is 1.14. The Hall–Kier alpha value is -1.07. The van der Waals surface area contributed by atoms with Crippen LogP contribution in [-0.4, -0.2) is 25.1 Å². The summed E-state index contributed by atoms with van der Waals surface area (Å²) in [5, 5.41) is 8.92. The second-order valence-corrected chi connectivity index (χ2v) is 5.43. The molecular formula is C8H7ClO4S. The fraction of sp³-hybridized carbons (Fsp3) is 0.125. The van der Waals surface area contributed by atoms with Crippen LogP contribution in [0, 0.1) is 0 Å². The summed E-state index contributed by atoms with van der Waals surface area (Å²) in [6.07, 6.45) is 0. The molecule has 0 aliphatic heterocycles. The summed E-state index contributed by atoms with van der Waals surface area (Å²) < 4.78 is 21.2. The third-order valence-corrected chi connectivity index (χ3v) is 2.43. The standard InChI is InChI=1S/C8H7ClO4S/c9-14(12,13)5-8(11)6-1-3-7(10)4-2-6/h1-4,10H,5H2. The first-order chi connectivity index (χ1) is 6.38. The van der Waals surface area contributed by atoms with Crippen molar-refractivity contribution >= 4 is 25.5 Å². The highest BCUT2D eigenvalue weighted by molar-refractivity contribution is 8.14. The van der Waals surface area contributed by atoms with E-state index in [4.69, 9.17) is 15.8 Å². The van der Waals surface area contributed by atoms with Gasteiger partial charge >= 0.3 is 0 Å². The van der Waals surface area contributed by atoms with Gasteiger partial charge in [-0.1, -0.05) is 0 Å². The van der Waals surface area contributed by atoms with Crippen LogP contribution in [0.1, 0.15) is 10.4 Å². The Bertz CT molecular complexity index is 435. The van der Waals surface area contributed by atoms with Gasteiger partial charge < -0.3 is 5.11 Å². The highest BCUT2D eigenvalue weighted by Gasteiger charge is 2.14. The number of Topliss-reactive ketones (excluding diaryl/α,β-unsaturated/α-hetero) is 1. The van der Waals surface area contributed by atoms with Crippen molar-refractivity contribution in [2.75, 3.05) is 5.75 Å². The number of rotatable bonds is 3. The van der Waals surface area contributed by atoms with E-state index in [0.717, 1.165) is 0 Å². The summed E-state index contributed by atoms with van der Waals surface area (Å²) in [6.45, 7) is 0. The number of hydrogen-bond acceptors (Lipinski definition) is 4. The number of aromatic hydroxyl groups is 1. The van der Waals surface area contributed by atoms with Gasteiger partial charge in [0.05, 0.1) is 0 Å². The molecule has 14 heavy (non-hydrogen) atoms. The lowest BCUT2D eigenvalue weighted by Crippen LogP contribution is -2.10. The number of phenolic OH excluding ortho intramolecular Hbond substituents is 1. The van der Waals surface area contributed by atoms with Gasteiger partial charge in [0.25, 0.3) is 0 Å². The molecule has 76 valence electrons. The first kappa shape index (κ1) is 11.0. The smallest absolute Gasteiger partial charge is 0.240 e. The van der Waals surface area contributed by atoms with Crippen LogP contribution in [0.3, 0.4) is 0 Å². The van der Waals surface area contributed by atoms with Gasteiger partial charge in [0.15, 0.2) is 5.78 Å². The lowest BCUT2D eigenvalue weighted by molar-refractivity contribution is 0.102. The maximum absolute atomic E-state index is 11.2. The highest BCUT2D eigenvalue weighted by Crippen LogP contribution is 2.11. The zero-order chi connectivity index (χ0) is 10.8. The Labute approximate surface area is 85.5 Å². The van der Waals surface area contributed by atoms with Crippen LogP contribution in [0.25, 0.3) is 0 Å². The van der Waals surface area contributed by atoms with Gasteiger partial charge in [0.1, 0.15) is 11.5 Å². The van der Waals surface area contributed by atoms with Gasteiger partial charge in [-0.05, 0) is 24.3 Å². The molecule has 0 fully saturated rings. The average molecular weight is 235 g/mol. The topological polar surface area (TPSA) is 71.4 Å². The van der Waals surface area contributed by atoms with E-state index in [1.165, 1.54) is 24.3 Å². The molecule has 0 unspecified atom stereocenters. The van der Waals surface area contributed by atoms with Crippen molar-refractivity contribution < 1.29 is 18.3 Å². The van der Waals surface area contributed by atoms with Crippen molar-refractivity contribution in [3.05, 3.63) is 29.8 Å². The molecule has 0 aliphatic carbocycles. The van der Waals surface area contributed by atoms with Crippen molar-refractivity contribution in [1.82, 2.24) is 0 Å². The monoisotopic (exact) mass is 234 g/mol. The largest absolute Gasteiger partial charge is 0.508 e. The summed E-state index contributed by atoms with van der Waals surface area (Å²) in [5.41, 5.74) is 0.201. The number of carbonyl (C=O) groups excluding carboxylic acids is 1. The summed E-state index contributed by atoms with van der Waals surface area (Å²) in [7, 11) is 1.09. The van der Waals surface area contributed by atoms with Crippen molar-refractivity contribution in [3.8, 4) is 5.75 Å². The average Bonchev–Trinajstić information content (AvgIpc) is 2.02. The minimum Gasteiger partial charge on any atom is -0.508 e. The Morgan fingerprint density at radius 1 is 1.29 bits per heavy atom. The number of halogens is 1. The molecular weight excluding hydrogens is 228 g/mol. The van der Waals surface area contributed by atoms with Gasteiger partial charge in [0, 0.05) is 16.2 Å². The van der Waals surface area contributed by atoms with Crippen molar-refractivity contribution in [2.24, 2.45) is 0 Å². The SMILES string of the molecule is O=C(CS(=O)(=O)Cl)c1ccc(O)cc1. The van der Waals surface area contributed by atoms with E-state index >= 15 is 0 Å². The van der Waals surface area contributed by atoms with E-state index in [1.54, 1.807) is 0 Å². The predicted molar refractivity (Wildman–Crippen MR) is 52.1 cm³/mol. The highest BCUT2D eigenvalue weighted by atomic mass is 35.7. The fourth-order valence-corrected chi connectivity index (χ4v) is 1.66. The molecule has 1 aromatic rings. The first-order valence-corrected chi connectivity index (χ1v) is 6.11. The third-order valence-electron chi connectivity index (χ3n) is 1.49. The van der Waals surface area contributed by atoms with Gasteiger partial charge in [-0.3, -0.25) is 4.79 Å². The van der Waals surface area contributed by atoms with Gasteiger partial charge in [0.2, 0.25) is 9.05 Å². The molecule has 0 radical (unpaired) electrons. The molecule has 0 bridgehead atoms. The van der Waals surface area contributed by atoms with Gasteiger partial charge in [-0.2, -0.15) is 0 Å². The summed E-state index contributed by atoms with van der Waals surface area (Å²) in [5.74, 6) is -1.32. The van der Waals surface area contributed by atoms with E-state index in [1.807, 2.05) is 0 Å². The number of ketones is 1. The van der Waals surface area contributed by atoms with E-state index < -0.39 is 20.6 Å². The Morgan fingerprint density at radius 3 is 2.21 bits per heavy atom. The quantitative estimate of drug-likeness (QED) is 0.629. The van der Waals surface area contributed by atoms with Crippen LogP contribution in [-0.2, 0) is 9.05 Å². The summed E-state index contributed by atoms with van der Waals surface area (Å²) in [4.78, 5) is 11.2. The Morgan fingerprint density at radius 2 is 1.79 bits per heavy atom. The second kappa shape index (κ2) is 3.98. The number of phenols is 1. The molecule has 1 rings (SSSR count). The maximum atomic E-state index is 11.2. The van der Waals surface area contributed by atoms with E-state index in [0.29, 0.717) is 0 Å². The molecule has 0 amide bonds. The number of hydrogen-bond donors (Lipinski definition) is 1. The van der Waals surface area contributed by atoms with Crippen LogP contribution in [0.15, 0.2) is 24.3 Å². The van der Waals surface area contributed by atoms with E-state index in [2.05, 4.69) is 0 Å². The lowest BCUT2D eigenvalue weighted by atomic mass is 10.1. The first-order valence-electron chi connectivity index (χ1n) is 3.63. The molecule has 0 heterocycles. The zero-order valence-electron chi connectivity index (χ0n) is 6.97. The zero-order valence-corrected chi connectivity index (χ0v) is 8.55. The molecule has 0 aliphatic rings. The molecule has 4 nitrogen and oxygen atoms in total. The normalized spacial score (nSPS) is 11.2. The molecule has 6 heteroatoms. The summed E-state index contributed by atoms with van der Waals surface area (Å²) in [6, 6.07) is 5.27. The lowest BCUT2D eigenvalue weighted by Gasteiger charge is -1.98. The molecule has 1 N–H and O–H groups in total. The van der Waals surface area contributed by atoms with Crippen LogP contribution < -0.4 is 0 Å². The minimum atomic E-state index is -3.82. The van der Waals surface area contributed by atoms with Crippen LogP contribution in [0.5, 0.6) is 5.75 Å². The van der Waals surface area contributed by atoms with Crippen molar-refractivity contribution in [2.45, 2.75) is 0 Å². The van der Waals surface area contributed by atoms with Gasteiger partial charge in [-0.15, -0.1) is 0 Å². The second-order valence-electron chi connectivity index (χ2n) is 2.65. The molecule has 0 saturated heterocycles. The maximum Gasteiger partial charge on any atom is 0.240 e. The summed E-state index contributed by atoms with van der Waals surface area (Å²) >= 11 is 0. The fourth-order valence-electron chi connectivity index (χ4n) is 0.887. The minimum absolute atomic E-state index is 0.00952. The number of benzene rings is 1. The van der Waals surface area contributed by atoms with Crippen LogP contribution >= 0.6 is 10.7 Å². The number of carbonyl (C=O) groups is 1. The van der Waals surface area contributed by atoms with Crippen molar-refractivity contribution in [1.29, 1.82) is 0 Å². The Kier molecular flexibility index (Phi) is 3.13. The van der Waals surface area contributed by atoms with Crippen molar-refractivity contribution in [3.63, 3.8) is 0 Å². The van der Waals surface area contributed by atoms with E-state index in [9.17, 15) is 13.2 Å². The molecule has 0 saturated carbocycles. The molecule has 0 atom stereocenters. The van der Waals surface area contributed by atoms with Gasteiger partial charge in [-0.25, -0.2) is 8.42 Å². The van der Waals surface area contributed by atoms with Crippen LogP contribution in [0.4, 0.5) is 0 Å². The molecule has 1 aromatic carbocycles. The Balaban J connectivity index is 2.86. The van der Waals surface area contributed by atoms with E-state index in [-0.39, 0.29) is 11.3 Å². The van der Waals surface area contributed by atoms with Crippen LogP contribution in [0.2, 0.25) is 0 Å². The molecule has 0 spiro atoms. The molecule has 0 aromatic heterocycles.